The Hall–Kier alpha value is -0.520. The Labute approximate surface area is 75.9 Å². The predicted octanol–water partition coefficient (Wildman–Crippen LogP) is 1.37. The number of rotatable bonds is 4. The standard InChI is InChI=1S/C10H19NO/c1-5-7-8-10(12-6-2)9-11(3)4/h10H,5-6,9H2,1-4H3. The molecule has 2 heteroatoms. The van der Waals surface area contributed by atoms with E-state index in [1.807, 2.05) is 27.9 Å². The molecule has 0 saturated heterocycles. The summed E-state index contributed by atoms with van der Waals surface area (Å²) >= 11 is 0. The van der Waals surface area contributed by atoms with E-state index in [1.165, 1.54) is 0 Å². The van der Waals surface area contributed by atoms with Crippen LogP contribution < -0.4 is 0 Å². The summed E-state index contributed by atoms with van der Waals surface area (Å²) in [6, 6.07) is 0. The molecule has 0 spiro atoms. The van der Waals surface area contributed by atoms with Gasteiger partial charge >= 0.3 is 0 Å². The third-order valence-electron chi connectivity index (χ3n) is 1.34. The van der Waals surface area contributed by atoms with E-state index in [9.17, 15) is 0 Å². The van der Waals surface area contributed by atoms with E-state index in [0.29, 0.717) is 0 Å². The van der Waals surface area contributed by atoms with Crippen LogP contribution >= 0.6 is 0 Å². The van der Waals surface area contributed by atoms with Crippen molar-refractivity contribution in [1.29, 1.82) is 0 Å². The van der Waals surface area contributed by atoms with Crippen molar-refractivity contribution in [3.8, 4) is 11.8 Å². The van der Waals surface area contributed by atoms with Crippen LogP contribution in [0.5, 0.6) is 0 Å². The first-order chi connectivity index (χ1) is 5.70. The van der Waals surface area contributed by atoms with Gasteiger partial charge in [-0.2, -0.15) is 0 Å². The Kier molecular flexibility index (Phi) is 6.84. The quantitative estimate of drug-likeness (QED) is 0.589. The van der Waals surface area contributed by atoms with Gasteiger partial charge in [0.05, 0.1) is 0 Å². The third kappa shape index (κ3) is 6.21. The molecule has 1 unspecified atom stereocenters. The lowest BCUT2D eigenvalue weighted by molar-refractivity contribution is 0.0826. The van der Waals surface area contributed by atoms with Crippen LogP contribution in [0.3, 0.4) is 0 Å². The highest BCUT2D eigenvalue weighted by molar-refractivity contribution is 5.05. The minimum absolute atomic E-state index is 0.0740. The van der Waals surface area contributed by atoms with E-state index in [0.717, 1.165) is 19.6 Å². The highest BCUT2D eigenvalue weighted by atomic mass is 16.5. The number of ether oxygens (including phenoxy) is 1. The molecule has 0 fully saturated rings. The first kappa shape index (κ1) is 11.5. The van der Waals surface area contributed by atoms with Crippen molar-refractivity contribution < 1.29 is 4.74 Å². The molecule has 0 aliphatic carbocycles. The van der Waals surface area contributed by atoms with Crippen molar-refractivity contribution in [2.75, 3.05) is 27.2 Å². The summed E-state index contributed by atoms with van der Waals surface area (Å²) in [6.07, 6.45) is 0.974. The van der Waals surface area contributed by atoms with Crippen LogP contribution in [0.1, 0.15) is 20.3 Å². The summed E-state index contributed by atoms with van der Waals surface area (Å²) < 4.78 is 5.44. The molecule has 0 aromatic carbocycles. The fourth-order valence-electron chi connectivity index (χ4n) is 0.889. The maximum Gasteiger partial charge on any atom is 0.130 e. The Bertz CT molecular complexity index is 155. The Balaban J connectivity index is 3.85. The highest BCUT2D eigenvalue weighted by Crippen LogP contribution is 1.92. The molecule has 0 saturated carbocycles. The molecule has 1 atom stereocenters. The number of hydrogen-bond donors (Lipinski definition) is 0. The SMILES string of the molecule is CCC#CC(CN(C)C)OCC. The zero-order valence-electron chi connectivity index (χ0n) is 8.55. The second kappa shape index (κ2) is 7.15. The summed E-state index contributed by atoms with van der Waals surface area (Å²) in [5.74, 6) is 6.12. The lowest BCUT2D eigenvalue weighted by Gasteiger charge is -2.15. The molecule has 0 N–H and O–H groups in total. The fourth-order valence-corrected chi connectivity index (χ4v) is 0.889. The number of hydrogen-bond acceptors (Lipinski definition) is 2. The molecule has 0 rings (SSSR count). The van der Waals surface area contributed by atoms with Gasteiger partial charge in [-0.15, -0.1) is 5.92 Å². The largest absolute Gasteiger partial charge is 0.364 e. The summed E-state index contributed by atoms with van der Waals surface area (Å²) in [4.78, 5) is 2.09. The van der Waals surface area contributed by atoms with E-state index in [-0.39, 0.29) is 6.10 Å². The summed E-state index contributed by atoms with van der Waals surface area (Å²) in [5.41, 5.74) is 0. The van der Waals surface area contributed by atoms with E-state index in [4.69, 9.17) is 4.74 Å². The van der Waals surface area contributed by atoms with Crippen molar-refractivity contribution in [1.82, 2.24) is 4.90 Å². The van der Waals surface area contributed by atoms with Crippen molar-refractivity contribution in [2.45, 2.75) is 26.4 Å². The minimum Gasteiger partial charge on any atom is -0.364 e. The van der Waals surface area contributed by atoms with Crippen LogP contribution in [-0.2, 0) is 4.74 Å². The van der Waals surface area contributed by atoms with Gasteiger partial charge < -0.3 is 9.64 Å². The minimum atomic E-state index is 0.0740. The van der Waals surface area contributed by atoms with Crippen molar-refractivity contribution in [2.24, 2.45) is 0 Å². The summed E-state index contributed by atoms with van der Waals surface area (Å²) in [6.45, 7) is 5.65. The van der Waals surface area contributed by atoms with Crippen molar-refractivity contribution in [3.05, 3.63) is 0 Å². The fraction of sp³-hybridized carbons (Fsp3) is 0.800. The maximum absolute atomic E-state index is 5.44. The van der Waals surface area contributed by atoms with Gasteiger partial charge in [0, 0.05) is 19.6 Å². The molecule has 0 bridgehead atoms. The molecule has 0 aromatic heterocycles. The Morgan fingerprint density at radius 2 is 2.00 bits per heavy atom. The van der Waals surface area contributed by atoms with Gasteiger partial charge in [0.25, 0.3) is 0 Å². The molecular formula is C10H19NO. The van der Waals surface area contributed by atoms with E-state index in [1.54, 1.807) is 0 Å². The van der Waals surface area contributed by atoms with E-state index >= 15 is 0 Å². The monoisotopic (exact) mass is 169 g/mol. The zero-order valence-corrected chi connectivity index (χ0v) is 8.55. The molecule has 0 amide bonds. The smallest absolute Gasteiger partial charge is 0.130 e. The topological polar surface area (TPSA) is 12.5 Å². The average Bonchev–Trinajstić information content (AvgIpc) is 2.00. The lowest BCUT2D eigenvalue weighted by atomic mass is 10.3. The molecular weight excluding hydrogens is 150 g/mol. The third-order valence-corrected chi connectivity index (χ3v) is 1.34. The van der Waals surface area contributed by atoms with Crippen LogP contribution in [0.4, 0.5) is 0 Å². The molecule has 70 valence electrons. The van der Waals surface area contributed by atoms with Crippen LogP contribution in [0.15, 0.2) is 0 Å². The van der Waals surface area contributed by atoms with Gasteiger partial charge in [-0.3, -0.25) is 0 Å². The average molecular weight is 169 g/mol. The Morgan fingerprint density at radius 1 is 1.33 bits per heavy atom. The van der Waals surface area contributed by atoms with Crippen LogP contribution in [0.25, 0.3) is 0 Å². The van der Waals surface area contributed by atoms with Gasteiger partial charge in [-0.25, -0.2) is 0 Å². The second-order valence-electron chi connectivity index (χ2n) is 2.88. The van der Waals surface area contributed by atoms with Gasteiger partial charge in [-0.1, -0.05) is 12.8 Å². The van der Waals surface area contributed by atoms with Crippen LogP contribution in [-0.4, -0.2) is 38.3 Å². The molecule has 0 aliphatic rings. The Morgan fingerprint density at radius 3 is 2.42 bits per heavy atom. The normalized spacial score (nSPS) is 12.4. The van der Waals surface area contributed by atoms with E-state index in [2.05, 4.69) is 16.7 Å². The lowest BCUT2D eigenvalue weighted by Crippen LogP contribution is -2.27. The maximum atomic E-state index is 5.44. The molecule has 0 aliphatic heterocycles. The van der Waals surface area contributed by atoms with Crippen molar-refractivity contribution >= 4 is 0 Å². The molecule has 12 heavy (non-hydrogen) atoms. The van der Waals surface area contributed by atoms with Gasteiger partial charge in [0.15, 0.2) is 0 Å². The summed E-state index contributed by atoms with van der Waals surface area (Å²) in [7, 11) is 4.05. The predicted molar refractivity (Wildman–Crippen MR) is 52.0 cm³/mol. The number of likely N-dealkylation sites (N-methyl/N-ethyl adjacent to an activating group) is 1. The van der Waals surface area contributed by atoms with Gasteiger partial charge in [-0.05, 0) is 21.0 Å². The van der Waals surface area contributed by atoms with Gasteiger partial charge in [0.1, 0.15) is 6.10 Å². The summed E-state index contributed by atoms with van der Waals surface area (Å²) in [5, 5.41) is 0. The molecule has 0 radical (unpaired) electrons. The molecule has 0 heterocycles. The first-order valence-electron chi connectivity index (χ1n) is 4.45. The van der Waals surface area contributed by atoms with Crippen LogP contribution in [0, 0.1) is 11.8 Å². The highest BCUT2D eigenvalue weighted by Gasteiger charge is 2.04. The van der Waals surface area contributed by atoms with Crippen molar-refractivity contribution in [3.63, 3.8) is 0 Å². The van der Waals surface area contributed by atoms with Gasteiger partial charge in [0.2, 0.25) is 0 Å². The van der Waals surface area contributed by atoms with E-state index < -0.39 is 0 Å². The molecule has 2 nitrogen and oxygen atoms in total. The van der Waals surface area contributed by atoms with Crippen LogP contribution in [0.2, 0.25) is 0 Å². The number of nitrogens with zero attached hydrogens (tertiary/aromatic N) is 1. The second-order valence-corrected chi connectivity index (χ2v) is 2.88. The zero-order chi connectivity index (χ0) is 9.40. The first-order valence-corrected chi connectivity index (χ1v) is 4.45. The molecule has 0 aromatic rings.